The highest BCUT2D eigenvalue weighted by Crippen LogP contribution is 2.29. The summed E-state index contributed by atoms with van der Waals surface area (Å²) in [4.78, 5) is 4.19. The van der Waals surface area contributed by atoms with Crippen molar-refractivity contribution in [2.45, 2.75) is 20.5 Å². The average Bonchev–Trinajstić information content (AvgIpc) is 2.37. The number of nitrogens with zero attached hydrogens (tertiary/aromatic N) is 1. The van der Waals surface area contributed by atoms with Gasteiger partial charge in [-0.3, -0.25) is 0 Å². The lowest BCUT2D eigenvalue weighted by Gasteiger charge is -2.12. The smallest absolute Gasteiger partial charge is 0.224 e. The number of aliphatic hydroxyl groups excluding tert-OH is 1. The lowest BCUT2D eigenvalue weighted by molar-refractivity contribution is 0.275. The van der Waals surface area contributed by atoms with E-state index < -0.39 is 0 Å². The summed E-state index contributed by atoms with van der Waals surface area (Å²) in [5.74, 6) is 1.20. The molecule has 2 aromatic rings. The van der Waals surface area contributed by atoms with Crippen LogP contribution in [0, 0.1) is 13.8 Å². The average molecular weight is 308 g/mol. The first-order valence-corrected chi connectivity index (χ1v) is 6.40. The Morgan fingerprint density at radius 2 is 2.11 bits per heavy atom. The summed E-state index contributed by atoms with van der Waals surface area (Å²) < 4.78 is 6.59. The summed E-state index contributed by atoms with van der Waals surface area (Å²) in [6, 6.07) is 7.67. The van der Waals surface area contributed by atoms with Crippen molar-refractivity contribution >= 4 is 15.9 Å². The van der Waals surface area contributed by atoms with E-state index in [1.54, 1.807) is 12.3 Å². The van der Waals surface area contributed by atoms with E-state index in [4.69, 9.17) is 4.74 Å². The number of aryl methyl sites for hydroxylation is 1. The highest BCUT2D eigenvalue weighted by atomic mass is 79.9. The van der Waals surface area contributed by atoms with Crippen LogP contribution in [0.15, 0.2) is 34.9 Å². The summed E-state index contributed by atoms with van der Waals surface area (Å²) in [6.07, 6.45) is 1.65. The largest absolute Gasteiger partial charge is 0.438 e. The first-order chi connectivity index (χ1) is 8.61. The van der Waals surface area contributed by atoms with Gasteiger partial charge in [0, 0.05) is 16.2 Å². The van der Waals surface area contributed by atoms with Crippen LogP contribution in [-0.2, 0) is 6.61 Å². The summed E-state index contributed by atoms with van der Waals surface area (Å²) in [6.45, 7) is 3.93. The Balaban J connectivity index is 2.37. The van der Waals surface area contributed by atoms with Gasteiger partial charge in [-0.25, -0.2) is 4.98 Å². The zero-order chi connectivity index (χ0) is 13.1. The first kappa shape index (κ1) is 13.1. The second-order valence-electron chi connectivity index (χ2n) is 4.08. The number of hydrogen-bond donors (Lipinski definition) is 1. The molecule has 94 valence electrons. The Labute approximate surface area is 115 Å². The Morgan fingerprint density at radius 3 is 2.83 bits per heavy atom. The second kappa shape index (κ2) is 5.50. The number of ether oxygens (including phenoxy) is 1. The maximum Gasteiger partial charge on any atom is 0.224 e. The van der Waals surface area contributed by atoms with Crippen molar-refractivity contribution in [1.82, 2.24) is 4.98 Å². The Kier molecular flexibility index (Phi) is 3.99. The minimum Gasteiger partial charge on any atom is -0.438 e. The van der Waals surface area contributed by atoms with Crippen LogP contribution in [0.25, 0.3) is 0 Å². The fraction of sp³-hybridized carbons (Fsp3) is 0.214. The molecule has 0 unspecified atom stereocenters. The fourth-order valence-electron chi connectivity index (χ4n) is 1.61. The third-order valence-corrected chi connectivity index (χ3v) is 3.26. The molecule has 0 saturated heterocycles. The quantitative estimate of drug-likeness (QED) is 0.939. The van der Waals surface area contributed by atoms with Gasteiger partial charge in [0.25, 0.3) is 0 Å². The van der Waals surface area contributed by atoms with E-state index in [0.717, 1.165) is 21.3 Å². The third kappa shape index (κ3) is 2.71. The van der Waals surface area contributed by atoms with E-state index in [0.29, 0.717) is 11.4 Å². The van der Waals surface area contributed by atoms with E-state index >= 15 is 0 Å². The van der Waals surface area contributed by atoms with Crippen LogP contribution < -0.4 is 4.74 Å². The number of hydrogen-bond acceptors (Lipinski definition) is 3. The van der Waals surface area contributed by atoms with Crippen LogP contribution >= 0.6 is 15.9 Å². The van der Waals surface area contributed by atoms with E-state index in [1.807, 2.05) is 32.0 Å². The summed E-state index contributed by atoms with van der Waals surface area (Å²) >= 11 is 3.32. The lowest BCUT2D eigenvalue weighted by atomic mass is 10.1. The number of aliphatic hydroxyl groups is 1. The first-order valence-electron chi connectivity index (χ1n) is 5.61. The second-order valence-corrected chi connectivity index (χ2v) is 4.99. The van der Waals surface area contributed by atoms with E-state index in [1.165, 1.54) is 0 Å². The topological polar surface area (TPSA) is 42.4 Å². The standard InChI is InChI=1S/C14H14BrNO2/c1-9-4-3-5-13(10(9)2)18-14-11(8-17)6-12(15)7-16-14/h3-7,17H,8H2,1-2H3. The molecular weight excluding hydrogens is 294 g/mol. The van der Waals surface area contributed by atoms with Gasteiger partial charge < -0.3 is 9.84 Å². The number of rotatable bonds is 3. The van der Waals surface area contributed by atoms with Crippen LogP contribution in [0.1, 0.15) is 16.7 Å². The molecule has 0 aliphatic rings. The van der Waals surface area contributed by atoms with Crippen LogP contribution in [0.2, 0.25) is 0 Å². The van der Waals surface area contributed by atoms with Crippen molar-refractivity contribution in [3.63, 3.8) is 0 Å². The third-order valence-electron chi connectivity index (χ3n) is 2.82. The van der Waals surface area contributed by atoms with Gasteiger partial charge in [-0.05, 0) is 53.0 Å². The number of aromatic nitrogens is 1. The molecule has 0 bridgehead atoms. The molecule has 3 nitrogen and oxygen atoms in total. The van der Waals surface area contributed by atoms with Gasteiger partial charge in [-0.1, -0.05) is 12.1 Å². The van der Waals surface area contributed by atoms with Gasteiger partial charge in [0.15, 0.2) is 0 Å². The molecule has 0 amide bonds. The molecule has 0 saturated carbocycles. The normalized spacial score (nSPS) is 10.4. The molecular formula is C14H14BrNO2. The molecule has 0 atom stereocenters. The van der Waals surface area contributed by atoms with Crippen molar-refractivity contribution in [3.05, 3.63) is 51.6 Å². The van der Waals surface area contributed by atoms with E-state index in [9.17, 15) is 5.11 Å². The fourth-order valence-corrected chi connectivity index (χ4v) is 1.99. The predicted octanol–water partition coefficient (Wildman–Crippen LogP) is 3.75. The maximum absolute atomic E-state index is 9.30. The van der Waals surface area contributed by atoms with Crippen LogP contribution in [0.4, 0.5) is 0 Å². The van der Waals surface area contributed by atoms with Crippen LogP contribution in [0.3, 0.4) is 0 Å². The summed E-state index contributed by atoms with van der Waals surface area (Å²) in [5.41, 5.74) is 2.89. The number of pyridine rings is 1. The number of benzene rings is 1. The Hall–Kier alpha value is -1.39. The predicted molar refractivity (Wildman–Crippen MR) is 73.8 cm³/mol. The summed E-state index contributed by atoms with van der Waals surface area (Å²) in [7, 11) is 0. The summed E-state index contributed by atoms with van der Waals surface area (Å²) in [5, 5.41) is 9.30. The molecule has 1 heterocycles. The van der Waals surface area contributed by atoms with Gasteiger partial charge in [0.2, 0.25) is 5.88 Å². The zero-order valence-electron chi connectivity index (χ0n) is 10.3. The molecule has 0 aliphatic heterocycles. The van der Waals surface area contributed by atoms with Gasteiger partial charge in [-0.15, -0.1) is 0 Å². The molecule has 0 radical (unpaired) electrons. The van der Waals surface area contributed by atoms with Crippen LogP contribution in [-0.4, -0.2) is 10.1 Å². The molecule has 1 aromatic carbocycles. The van der Waals surface area contributed by atoms with E-state index in [-0.39, 0.29) is 6.61 Å². The Morgan fingerprint density at radius 1 is 1.33 bits per heavy atom. The molecule has 1 aromatic heterocycles. The lowest BCUT2D eigenvalue weighted by Crippen LogP contribution is -1.97. The highest BCUT2D eigenvalue weighted by molar-refractivity contribution is 9.10. The van der Waals surface area contributed by atoms with Crippen molar-refractivity contribution < 1.29 is 9.84 Å². The molecule has 18 heavy (non-hydrogen) atoms. The molecule has 1 N–H and O–H groups in total. The van der Waals surface area contributed by atoms with Gasteiger partial charge >= 0.3 is 0 Å². The van der Waals surface area contributed by atoms with Gasteiger partial charge in [-0.2, -0.15) is 0 Å². The van der Waals surface area contributed by atoms with Gasteiger partial charge in [0.05, 0.1) is 6.61 Å². The number of halogens is 1. The molecule has 4 heteroatoms. The molecule has 0 aliphatic carbocycles. The minimum atomic E-state index is -0.105. The van der Waals surface area contributed by atoms with Crippen molar-refractivity contribution in [2.24, 2.45) is 0 Å². The highest BCUT2D eigenvalue weighted by Gasteiger charge is 2.09. The molecule has 0 fully saturated rings. The van der Waals surface area contributed by atoms with Gasteiger partial charge in [0.1, 0.15) is 5.75 Å². The maximum atomic E-state index is 9.30. The minimum absolute atomic E-state index is 0.105. The Bertz CT molecular complexity index is 570. The van der Waals surface area contributed by atoms with Crippen molar-refractivity contribution in [1.29, 1.82) is 0 Å². The monoisotopic (exact) mass is 307 g/mol. The molecule has 0 spiro atoms. The van der Waals surface area contributed by atoms with Crippen LogP contribution in [0.5, 0.6) is 11.6 Å². The molecule has 2 rings (SSSR count). The van der Waals surface area contributed by atoms with E-state index in [2.05, 4.69) is 20.9 Å². The van der Waals surface area contributed by atoms with Crippen molar-refractivity contribution in [3.8, 4) is 11.6 Å². The van der Waals surface area contributed by atoms with Crippen molar-refractivity contribution in [2.75, 3.05) is 0 Å². The SMILES string of the molecule is Cc1cccc(Oc2ncc(Br)cc2CO)c1C. The zero-order valence-corrected chi connectivity index (χ0v) is 11.9.